The second kappa shape index (κ2) is 9.49. The number of carbonyl (C=O) groups excluding carboxylic acids is 2. The maximum absolute atomic E-state index is 13.3. The van der Waals surface area contributed by atoms with E-state index < -0.39 is 5.60 Å². The lowest BCUT2D eigenvalue weighted by molar-refractivity contribution is -0.133. The number of amides is 2. The summed E-state index contributed by atoms with van der Waals surface area (Å²) in [6, 6.07) is 14.9. The van der Waals surface area contributed by atoms with E-state index in [9.17, 15) is 14.4 Å². The van der Waals surface area contributed by atoms with Crippen LogP contribution in [0.5, 0.6) is 0 Å². The van der Waals surface area contributed by atoms with Crippen molar-refractivity contribution >= 4 is 33.8 Å². The van der Waals surface area contributed by atoms with Crippen LogP contribution in [0.3, 0.4) is 0 Å². The van der Waals surface area contributed by atoms with Gasteiger partial charge in [-0.15, -0.1) is 0 Å². The lowest BCUT2D eigenvalue weighted by Gasteiger charge is -2.34. The number of hydrogen-bond acceptors (Lipinski definition) is 4. The number of aromatic nitrogens is 1. The van der Waals surface area contributed by atoms with Gasteiger partial charge in [-0.25, -0.2) is 4.79 Å². The summed E-state index contributed by atoms with van der Waals surface area (Å²) in [5.74, 6) is 0.369. The van der Waals surface area contributed by atoms with Gasteiger partial charge in [0.25, 0.3) is 0 Å². The van der Waals surface area contributed by atoms with Gasteiger partial charge in [0.05, 0.1) is 11.0 Å². The second-order valence-electron chi connectivity index (χ2n) is 10.1. The maximum atomic E-state index is 13.3. The molecule has 4 rings (SSSR count). The summed E-state index contributed by atoms with van der Waals surface area (Å²) in [6.45, 7) is 7.69. The van der Waals surface area contributed by atoms with Crippen molar-refractivity contribution in [3.05, 3.63) is 58.8 Å². The van der Waals surface area contributed by atoms with Crippen molar-refractivity contribution in [3.8, 4) is 0 Å². The zero-order chi connectivity index (χ0) is 24.5. The molecule has 7 heteroatoms. The molecule has 0 saturated carbocycles. The number of piperidine rings is 1. The van der Waals surface area contributed by atoms with E-state index in [0.717, 1.165) is 23.9 Å². The fraction of sp³-hybridized carbons (Fsp3) is 0.444. The summed E-state index contributed by atoms with van der Waals surface area (Å²) in [6.07, 6.45) is 1.36. The van der Waals surface area contributed by atoms with Crippen LogP contribution in [0.25, 0.3) is 21.8 Å². The van der Waals surface area contributed by atoms with Crippen LogP contribution >= 0.6 is 0 Å². The van der Waals surface area contributed by atoms with E-state index in [1.165, 1.54) is 0 Å². The highest BCUT2D eigenvalue weighted by Crippen LogP contribution is 2.22. The van der Waals surface area contributed by atoms with Crippen LogP contribution in [-0.2, 0) is 16.1 Å². The van der Waals surface area contributed by atoms with Crippen LogP contribution in [0.1, 0.15) is 33.6 Å². The van der Waals surface area contributed by atoms with Gasteiger partial charge in [-0.2, -0.15) is 0 Å². The topological polar surface area (TPSA) is 71.8 Å². The Morgan fingerprint density at radius 1 is 0.971 bits per heavy atom. The van der Waals surface area contributed by atoms with Crippen LogP contribution in [0.4, 0.5) is 4.79 Å². The Hall–Kier alpha value is -3.35. The lowest BCUT2D eigenvalue weighted by Crippen LogP contribution is -2.44. The van der Waals surface area contributed by atoms with Gasteiger partial charge in [0.15, 0.2) is 5.43 Å². The summed E-state index contributed by atoms with van der Waals surface area (Å²) < 4.78 is 7.40. The quantitative estimate of drug-likeness (QED) is 0.542. The molecule has 1 aromatic heterocycles. The average Bonchev–Trinajstić information content (AvgIpc) is 2.81. The molecule has 2 amide bonds. The van der Waals surface area contributed by atoms with Gasteiger partial charge in [0.2, 0.25) is 5.91 Å². The Morgan fingerprint density at radius 2 is 1.50 bits per heavy atom. The molecule has 7 nitrogen and oxygen atoms in total. The number of nitrogens with zero attached hydrogens (tertiary/aromatic N) is 3. The van der Waals surface area contributed by atoms with E-state index in [0.29, 0.717) is 36.3 Å². The van der Waals surface area contributed by atoms with Crippen LogP contribution in [0.2, 0.25) is 0 Å². The fourth-order valence-corrected chi connectivity index (χ4v) is 4.65. The van der Waals surface area contributed by atoms with Gasteiger partial charge in [0, 0.05) is 37.5 Å². The molecule has 0 radical (unpaired) electrons. The molecule has 0 aliphatic carbocycles. The van der Waals surface area contributed by atoms with Crippen LogP contribution in [0, 0.1) is 5.92 Å². The third kappa shape index (κ3) is 5.08. The first kappa shape index (κ1) is 23.8. The summed E-state index contributed by atoms with van der Waals surface area (Å²) in [5, 5.41) is 1.25. The monoisotopic (exact) mass is 463 g/mol. The van der Waals surface area contributed by atoms with Crippen LogP contribution < -0.4 is 5.43 Å². The van der Waals surface area contributed by atoms with Gasteiger partial charge in [-0.05, 0) is 63.8 Å². The van der Waals surface area contributed by atoms with E-state index in [1.54, 1.807) is 11.9 Å². The standard InChI is InChI=1S/C27H33N3O4/c1-27(2,3)34-26(33)28(4)17-19-13-15-29(16-14-19)24(31)18-30-22-11-7-5-9-20(22)25(32)21-10-6-8-12-23(21)30/h5-12,19H,13-18H2,1-4H3. The van der Waals surface area contributed by atoms with Gasteiger partial charge in [-0.1, -0.05) is 24.3 Å². The van der Waals surface area contributed by atoms with Crippen molar-refractivity contribution in [1.29, 1.82) is 0 Å². The van der Waals surface area contributed by atoms with Crippen molar-refractivity contribution < 1.29 is 14.3 Å². The first-order valence-electron chi connectivity index (χ1n) is 11.9. The Morgan fingerprint density at radius 3 is 2.03 bits per heavy atom. The Bertz CT molecular complexity index is 1210. The third-order valence-electron chi connectivity index (χ3n) is 6.38. The first-order valence-corrected chi connectivity index (χ1v) is 11.9. The summed E-state index contributed by atoms with van der Waals surface area (Å²) >= 11 is 0. The van der Waals surface area contributed by atoms with Gasteiger partial charge in [0.1, 0.15) is 12.1 Å². The molecular formula is C27H33N3O4. The van der Waals surface area contributed by atoms with E-state index in [1.807, 2.05) is 78.8 Å². The zero-order valence-electron chi connectivity index (χ0n) is 20.4. The number of likely N-dealkylation sites (tertiary alicyclic amines) is 1. The van der Waals surface area contributed by atoms with E-state index in [2.05, 4.69) is 0 Å². The number of carbonyl (C=O) groups is 2. The zero-order valence-corrected chi connectivity index (χ0v) is 20.4. The first-order chi connectivity index (χ1) is 16.1. The molecule has 0 bridgehead atoms. The molecule has 2 heterocycles. The molecular weight excluding hydrogens is 430 g/mol. The van der Waals surface area contributed by atoms with Crippen molar-refractivity contribution in [1.82, 2.24) is 14.4 Å². The molecule has 1 aliphatic rings. The highest BCUT2D eigenvalue weighted by atomic mass is 16.6. The normalized spacial score (nSPS) is 15.0. The molecule has 2 aromatic carbocycles. The van der Waals surface area contributed by atoms with Crippen molar-refractivity contribution in [2.24, 2.45) is 5.92 Å². The number of para-hydroxylation sites is 2. The van der Waals surface area contributed by atoms with Crippen molar-refractivity contribution in [2.75, 3.05) is 26.7 Å². The minimum atomic E-state index is -0.516. The minimum absolute atomic E-state index is 0.00943. The second-order valence-corrected chi connectivity index (χ2v) is 10.1. The number of hydrogen-bond donors (Lipinski definition) is 0. The smallest absolute Gasteiger partial charge is 0.410 e. The van der Waals surface area contributed by atoms with E-state index >= 15 is 0 Å². The average molecular weight is 464 g/mol. The van der Waals surface area contributed by atoms with Gasteiger partial charge in [-0.3, -0.25) is 9.59 Å². The highest BCUT2D eigenvalue weighted by molar-refractivity contribution is 5.94. The summed E-state index contributed by atoms with van der Waals surface area (Å²) in [4.78, 5) is 42.0. The third-order valence-corrected chi connectivity index (χ3v) is 6.38. The van der Waals surface area contributed by atoms with Gasteiger partial charge < -0.3 is 19.1 Å². The van der Waals surface area contributed by atoms with Crippen molar-refractivity contribution in [3.63, 3.8) is 0 Å². The molecule has 0 atom stereocenters. The lowest BCUT2D eigenvalue weighted by atomic mass is 9.96. The minimum Gasteiger partial charge on any atom is -0.444 e. The fourth-order valence-electron chi connectivity index (χ4n) is 4.65. The number of ether oxygens (including phenoxy) is 1. The largest absolute Gasteiger partial charge is 0.444 e. The molecule has 0 N–H and O–H groups in total. The molecule has 1 fully saturated rings. The molecule has 1 saturated heterocycles. The predicted octanol–water partition coefficient (Wildman–Crippen LogP) is 4.26. The van der Waals surface area contributed by atoms with Gasteiger partial charge >= 0.3 is 6.09 Å². The SMILES string of the molecule is CN(CC1CCN(C(=O)Cn2c3ccccc3c(=O)c3ccccc32)CC1)C(=O)OC(C)(C)C. The summed E-state index contributed by atoms with van der Waals surface area (Å²) in [7, 11) is 1.76. The molecule has 0 unspecified atom stereocenters. The summed E-state index contributed by atoms with van der Waals surface area (Å²) in [5.41, 5.74) is 1.02. The van der Waals surface area contributed by atoms with E-state index in [-0.39, 0.29) is 24.0 Å². The molecule has 180 valence electrons. The van der Waals surface area contributed by atoms with Crippen LogP contribution in [-0.4, -0.2) is 58.7 Å². The number of benzene rings is 2. The molecule has 1 aliphatic heterocycles. The molecule has 3 aromatic rings. The number of pyridine rings is 1. The Kier molecular flexibility index (Phi) is 6.64. The predicted molar refractivity (Wildman–Crippen MR) is 134 cm³/mol. The maximum Gasteiger partial charge on any atom is 0.410 e. The molecule has 0 spiro atoms. The van der Waals surface area contributed by atoms with E-state index in [4.69, 9.17) is 4.74 Å². The molecule has 34 heavy (non-hydrogen) atoms. The highest BCUT2D eigenvalue weighted by Gasteiger charge is 2.27. The Balaban J connectivity index is 1.44. The van der Waals surface area contributed by atoms with Crippen LogP contribution in [0.15, 0.2) is 53.3 Å². The number of fused-ring (bicyclic) bond motifs is 2. The Labute approximate surface area is 199 Å². The number of rotatable bonds is 4. The van der Waals surface area contributed by atoms with Crippen molar-refractivity contribution in [2.45, 2.75) is 45.8 Å².